The van der Waals surface area contributed by atoms with E-state index in [2.05, 4.69) is 17.1 Å². The molecule has 0 amide bonds. The van der Waals surface area contributed by atoms with E-state index in [0.717, 1.165) is 6.07 Å². The first-order valence-corrected chi connectivity index (χ1v) is 7.30. The molecule has 0 fully saturated rings. The fourth-order valence-corrected chi connectivity index (χ4v) is 2.16. The molecule has 0 aliphatic heterocycles. The Bertz CT molecular complexity index is 864. The highest BCUT2D eigenvalue weighted by atomic mass is 19.4. The van der Waals surface area contributed by atoms with Gasteiger partial charge in [-0.1, -0.05) is 18.2 Å². The molecule has 0 atom stereocenters. The number of phenols is 1. The highest BCUT2D eigenvalue weighted by Gasteiger charge is 2.33. The zero-order valence-corrected chi connectivity index (χ0v) is 13.3. The Morgan fingerprint density at radius 2 is 2.04 bits per heavy atom. The maximum Gasteiger partial charge on any atom is 0.416 e. The van der Waals surface area contributed by atoms with E-state index in [1.54, 1.807) is 24.3 Å². The number of halogens is 3. The lowest BCUT2D eigenvalue weighted by molar-refractivity contribution is -0.384. The van der Waals surface area contributed by atoms with Crippen LogP contribution in [0, 0.1) is 10.1 Å². The van der Waals surface area contributed by atoms with Crippen molar-refractivity contribution in [2.75, 3.05) is 5.43 Å². The van der Waals surface area contributed by atoms with Crippen LogP contribution in [0.4, 0.5) is 24.5 Å². The molecular weight excluding hydrogens is 351 g/mol. The van der Waals surface area contributed by atoms with Crippen molar-refractivity contribution in [1.29, 1.82) is 0 Å². The summed E-state index contributed by atoms with van der Waals surface area (Å²) in [5.41, 5.74) is 1.18. The van der Waals surface area contributed by atoms with Crippen LogP contribution in [-0.2, 0) is 12.6 Å². The van der Waals surface area contributed by atoms with E-state index in [4.69, 9.17) is 0 Å². The third-order valence-electron chi connectivity index (χ3n) is 3.43. The summed E-state index contributed by atoms with van der Waals surface area (Å²) in [6, 6.07) is 7.01. The van der Waals surface area contributed by atoms with Crippen LogP contribution >= 0.6 is 0 Å². The molecule has 0 aliphatic rings. The fraction of sp³-hybridized carbons (Fsp3) is 0.118. The molecule has 26 heavy (non-hydrogen) atoms. The van der Waals surface area contributed by atoms with E-state index in [1.807, 2.05) is 0 Å². The molecule has 0 radical (unpaired) electrons. The number of hydrazone groups is 1. The van der Waals surface area contributed by atoms with Gasteiger partial charge in [0.25, 0.3) is 5.69 Å². The monoisotopic (exact) mass is 365 g/mol. The van der Waals surface area contributed by atoms with Crippen molar-refractivity contribution < 1.29 is 23.2 Å². The van der Waals surface area contributed by atoms with Crippen LogP contribution in [0.25, 0.3) is 0 Å². The molecule has 136 valence electrons. The van der Waals surface area contributed by atoms with Crippen molar-refractivity contribution in [3.05, 3.63) is 75.9 Å². The van der Waals surface area contributed by atoms with Crippen molar-refractivity contribution in [3.63, 3.8) is 0 Å². The summed E-state index contributed by atoms with van der Waals surface area (Å²) in [7, 11) is 0. The summed E-state index contributed by atoms with van der Waals surface area (Å²) in [6.45, 7) is 3.58. The number of aromatic hydroxyl groups is 1. The Labute approximate surface area is 146 Å². The van der Waals surface area contributed by atoms with E-state index in [1.165, 1.54) is 6.21 Å². The largest absolute Gasteiger partial charge is 0.507 e. The minimum Gasteiger partial charge on any atom is -0.507 e. The third kappa shape index (κ3) is 4.38. The van der Waals surface area contributed by atoms with Crippen LogP contribution in [0.5, 0.6) is 5.75 Å². The van der Waals surface area contributed by atoms with Gasteiger partial charge in [-0.25, -0.2) is 0 Å². The number of nitro benzene ring substituents is 1. The Morgan fingerprint density at radius 3 is 2.65 bits per heavy atom. The number of nitro groups is 1. The average molecular weight is 365 g/mol. The predicted octanol–water partition coefficient (Wildman–Crippen LogP) is 4.49. The van der Waals surface area contributed by atoms with Crippen molar-refractivity contribution in [1.82, 2.24) is 0 Å². The number of anilines is 1. The molecule has 0 bridgehead atoms. The standard InChI is InChI=1S/C17H14F3N3O3/c1-2-4-11-5-3-6-12(16(11)24)10-21-22-14-8-7-13(17(18,19)20)9-15(14)23(25)26/h2-3,5-10,22,24H,1,4H2/b21-10-. The molecule has 0 unspecified atom stereocenters. The number of rotatable bonds is 6. The number of phenolic OH excluding ortho intramolecular Hbond substituents is 1. The highest BCUT2D eigenvalue weighted by Crippen LogP contribution is 2.35. The van der Waals surface area contributed by atoms with E-state index in [-0.39, 0.29) is 11.4 Å². The third-order valence-corrected chi connectivity index (χ3v) is 3.43. The SMILES string of the molecule is C=CCc1cccc(/C=N\Nc2ccc(C(F)(F)F)cc2[N+](=O)[O-])c1O. The molecule has 0 aromatic heterocycles. The smallest absolute Gasteiger partial charge is 0.416 e. The van der Waals surface area contributed by atoms with Crippen LogP contribution < -0.4 is 5.43 Å². The first kappa shape index (κ1) is 19.0. The fourth-order valence-electron chi connectivity index (χ4n) is 2.16. The number of allylic oxidation sites excluding steroid dienone is 1. The molecule has 9 heteroatoms. The molecule has 0 saturated heterocycles. The van der Waals surface area contributed by atoms with Gasteiger partial charge in [0.2, 0.25) is 0 Å². The second kappa shape index (κ2) is 7.68. The van der Waals surface area contributed by atoms with E-state index in [9.17, 15) is 28.4 Å². The number of para-hydroxylation sites is 1. The number of hydrogen-bond acceptors (Lipinski definition) is 5. The lowest BCUT2D eigenvalue weighted by atomic mass is 10.1. The van der Waals surface area contributed by atoms with Crippen LogP contribution in [0.1, 0.15) is 16.7 Å². The minimum absolute atomic E-state index is 0.0279. The first-order valence-electron chi connectivity index (χ1n) is 7.30. The maximum atomic E-state index is 12.7. The molecule has 0 spiro atoms. The first-order chi connectivity index (χ1) is 12.2. The van der Waals surface area contributed by atoms with Crippen molar-refractivity contribution >= 4 is 17.6 Å². The van der Waals surface area contributed by atoms with Gasteiger partial charge < -0.3 is 5.11 Å². The van der Waals surface area contributed by atoms with Gasteiger partial charge in [0.1, 0.15) is 11.4 Å². The van der Waals surface area contributed by atoms with Gasteiger partial charge >= 0.3 is 6.18 Å². The molecular formula is C17H14F3N3O3. The number of nitrogens with one attached hydrogen (secondary N) is 1. The van der Waals surface area contributed by atoms with Crippen LogP contribution in [0.15, 0.2) is 54.2 Å². The molecule has 2 N–H and O–H groups in total. The van der Waals surface area contributed by atoms with Gasteiger partial charge in [-0.2, -0.15) is 18.3 Å². The van der Waals surface area contributed by atoms with Crippen molar-refractivity contribution in [2.45, 2.75) is 12.6 Å². The van der Waals surface area contributed by atoms with Gasteiger partial charge in [-0.3, -0.25) is 15.5 Å². The molecule has 0 heterocycles. The lowest BCUT2D eigenvalue weighted by Gasteiger charge is -2.08. The Morgan fingerprint density at radius 1 is 1.31 bits per heavy atom. The highest BCUT2D eigenvalue weighted by molar-refractivity contribution is 5.84. The molecule has 2 aromatic carbocycles. The molecule has 2 aromatic rings. The van der Waals surface area contributed by atoms with Crippen molar-refractivity contribution in [3.8, 4) is 5.75 Å². The van der Waals surface area contributed by atoms with Gasteiger partial charge in [0.05, 0.1) is 16.7 Å². The van der Waals surface area contributed by atoms with Gasteiger partial charge in [-0.15, -0.1) is 6.58 Å². The quantitative estimate of drug-likeness (QED) is 0.342. The predicted molar refractivity (Wildman–Crippen MR) is 91.3 cm³/mol. The maximum absolute atomic E-state index is 12.7. The topological polar surface area (TPSA) is 87.8 Å². The number of alkyl halides is 3. The van der Waals surface area contributed by atoms with E-state index < -0.39 is 22.4 Å². The zero-order valence-electron chi connectivity index (χ0n) is 13.3. The number of benzene rings is 2. The van der Waals surface area contributed by atoms with Crippen LogP contribution in [0.3, 0.4) is 0 Å². The lowest BCUT2D eigenvalue weighted by Crippen LogP contribution is -2.06. The summed E-state index contributed by atoms with van der Waals surface area (Å²) in [5, 5.41) is 24.8. The Balaban J connectivity index is 2.27. The van der Waals surface area contributed by atoms with Gasteiger partial charge in [0.15, 0.2) is 0 Å². The van der Waals surface area contributed by atoms with Crippen LogP contribution in [-0.4, -0.2) is 16.2 Å². The summed E-state index contributed by atoms with van der Waals surface area (Å²) in [5.74, 6) is -0.0279. The Hall–Kier alpha value is -3.36. The number of nitrogens with zero attached hydrogens (tertiary/aromatic N) is 2. The summed E-state index contributed by atoms with van der Waals surface area (Å²) >= 11 is 0. The van der Waals surface area contributed by atoms with E-state index >= 15 is 0 Å². The number of hydrogen-bond donors (Lipinski definition) is 2. The normalized spacial score (nSPS) is 11.5. The minimum atomic E-state index is -4.69. The summed E-state index contributed by atoms with van der Waals surface area (Å²) < 4.78 is 38.0. The van der Waals surface area contributed by atoms with Gasteiger partial charge in [-0.05, 0) is 30.2 Å². The summed E-state index contributed by atoms with van der Waals surface area (Å²) in [4.78, 5) is 10.1. The second-order valence-corrected chi connectivity index (χ2v) is 5.20. The molecule has 0 saturated carbocycles. The molecule has 2 rings (SSSR count). The van der Waals surface area contributed by atoms with E-state index in [0.29, 0.717) is 29.7 Å². The zero-order chi connectivity index (χ0) is 19.3. The summed E-state index contributed by atoms with van der Waals surface area (Å²) in [6.07, 6.45) is -1.43. The molecule has 6 nitrogen and oxygen atoms in total. The van der Waals surface area contributed by atoms with Gasteiger partial charge in [0, 0.05) is 11.6 Å². The Kier molecular flexibility index (Phi) is 5.61. The second-order valence-electron chi connectivity index (χ2n) is 5.20. The van der Waals surface area contributed by atoms with Crippen molar-refractivity contribution in [2.24, 2.45) is 5.10 Å². The van der Waals surface area contributed by atoms with Crippen LogP contribution in [0.2, 0.25) is 0 Å². The molecule has 0 aliphatic carbocycles. The average Bonchev–Trinajstić information content (AvgIpc) is 2.57.